The van der Waals surface area contributed by atoms with Gasteiger partial charge in [0.2, 0.25) is 0 Å². The van der Waals surface area contributed by atoms with E-state index in [1.807, 2.05) is 12.1 Å². The van der Waals surface area contributed by atoms with Crippen LogP contribution in [0.25, 0.3) is 11.1 Å². The molecule has 0 radical (unpaired) electrons. The lowest BCUT2D eigenvalue weighted by Crippen LogP contribution is -3.05. The Bertz CT molecular complexity index is 506. The number of halogens is 1. The van der Waals surface area contributed by atoms with Gasteiger partial charge in [-0.3, -0.25) is 0 Å². The summed E-state index contributed by atoms with van der Waals surface area (Å²) in [5, 5.41) is 9.29. The molecule has 20 heavy (non-hydrogen) atoms. The molecule has 108 valence electrons. The van der Waals surface area contributed by atoms with Crippen molar-refractivity contribution in [3.05, 3.63) is 54.1 Å². The number of quaternary nitrogens is 1. The molecule has 0 aliphatic heterocycles. The van der Waals surface area contributed by atoms with Gasteiger partial charge in [0.25, 0.3) is 0 Å². The van der Waals surface area contributed by atoms with Crippen LogP contribution in [0.15, 0.2) is 48.5 Å². The molecule has 2 rings (SSSR count). The van der Waals surface area contributed by atoms with Gasteiger partial charge in [-0.2, -0.15) is 0 Å². The molecule has 3 heteroatoms. The topological polar surface area (TPSA) is 24.7 Å². The lowest BCUT2D eigenvalue weighted by Gasteiger charge is -2.07. The minimum absolute atomic E-state index is 0. The highest BCUT2D eigenvalue weighted by molar-refractivity contribution is 5.64. The third-order valence-corrected chi connectivity index (χ3v) is 3.30. The maximum absolute atomic E-state index is 9.29. The number of hydrogen-bond acceptors (Lipinski definition) is 1. The molecule has 0 fully saturated rings. The van der Waals surface area contributed by atoms with Crippen molar-refractivity contribution >= 4 is 0 Å². The highest BCUT2D eigenvalue weighted by atomic mass is 35.5. The molecule has 0 unspecified atom stereocenters. The monoisotopic (exact) mass is 291 g/mol. The number of rotatable bonds is 5. The first-order valence-electron chi connectivity index (χ1n) is 6.82. The number of aromatic hydroxyl groups is 1. The Morgan fingerprint density at radius 1 is 0.850 bits per heavy atom. The van der Waals surface area contributed by atoms with E-state index in [0.717, 1.165) is 12.0 Å². The fourth-order valence-corrected chi connectivity index (χ4v) is 2.16. The molecule has 0 aliphatic rings. The van der Waals surface area contributed by atoms with Crippen LogP contribution in [0.3, 0.4) is 0 Å². The summed E-state index contributed by atoms with van der Waals surface area (Å²) in [5.41, 5.74) is 3.73. The molecule has 0 spiro atoms. The minimum atomic E-state index is 0. The van der Waals surface area contributed by atoms with Crippen molar-refractivity contribution in [1.82, 2.24) is 0 Å². The van der Waals surface area contributed by atoms with Crippen LogP contribution < -0.4 is 17.3 Å². The number of benzene rings is 2. The van der Waals surface area contributed by atoms with Crippen LogP contribution in [-0.4, -0.2) is 25.7 Å². The molecule has 0 aliphatic carbocycles. The zero-order valence-electron chi connectivity index (χ0n) is 12.1. The number of phenolic OH excluding ortho intramolecular Hbond substituents is 1. The summed E-state index contributed by atoms with van der Waals surface area (Å²) in [6, 6.07) is 16.1. The molecular formula is C17H22ClNO. The van der Waals surface area contributed by atoms with E-state index in [2.05, 4.69) is 38.4 Å². The first-order valence-corrected chi connectivity index (χ1v) is 6.82. The average Bonchev–Trinajstić information content (AvgIpc) is 2.40. The van der Waals surface area contributed by atoms with Crippen molar-refractivity contribution in [2.45, 2.75) is 12.8 Å². The zero-order valence-corrected chi connectivity index (χ0v) is 12.8. The highest BCUT2D eigenvalue weighted by Crippen LogP contribution is 2.22. The summed E-state index contributed by atoms with van der Waals surface area (Å²) < 4.78 is 0. The van der Waals surface area contributed by atoms with Crippen LogP contribution in [0, 0.1) is 0 Å². The Morgan fingerprint density at radius 2 is 1.35 bits per heavy atom. The van der Waals surface area contributed by atoms with Gasteiger partial charge in [-0.15, -0.1) is 0 Å². The second-order valence-electron chi connectivity index (χ2n) is 5.30. The van der Waals surface area contributed by atoms with Crippen molar-refractivity contribution in [3.63, 3.8) is 0 Å². The van der Waals surface area contributed by atoms with Crippen molar-refractivity contribution in [1.29, 1.82) is 0 Å². The third kappa shape index (κ3) is 4.87. The summed E-state index contributed by atoms with van der Waals surface area (Å²) in [4.78, 5) is 1.50. The van der Waals surface area contributed by atoms with Crippen LogP contribution in [-0.2, 0) is 6.42 Å². The SMILES string of the molecule is C[NH+](C)CCCc1ccc(-c2ccc(O)cc2)cc1.[Cl-]. The molecule has 0 heterocycles. The zero-order chi connectivity index (χ0) is 13.7. The fourth-order valence-electron chi connectivity index (χ4n) is 2.16. The maximum atomic E-state index is 9.29. The van der Waals surface area contributed by atoms with Crippen LogP contribution in [0.1, 0.15) is 12.0 Å². The average molecular weight is 292 g/mol. The molecule has 2 aromatic carbocycles. The normalized spacial score (nSPS) is 10.3. The molecule has 0 amide bonds. The lowest BCUT2D eigenvalue weighted by atomic mass is 10.0. The van der Waals surface area contributed by atoms with E-state index >= 15 is 0 Å². The Balaban J connectivity index is 0.00000200. The molecule has 2 nitrogen and oxygen atoms in total. The molecule has 2 aromatic rings. The summed E-state index contributed by atoms with van der Waals surface area (Å²) in [6.45, 7) is 1.21. The first kappa shape index (κ1) is 16.5. The lowest BCUT2D eigenvalue weighted by molar-refractivity contribution is -0.858. The Hall–Kier alpha value is -1.51. The van der Waals surface area contributed by atoms with Crippen molar-refractivity contribution in [3.8, 4) is 16.9 Å². The summed E-state index contributed by atoms with van der Waals surface area (Å²) in [7, 11) is 4.38. The Kier molecular flexibility index (Phi) is 6.56. The minimum Gasteiger partial charge on any atom is -1.00 e. The van der Waals surface area contributed by atoms with Gasteiger partial charge in [-0.1, -0.05) is 36.4 Å². The smallest absolute Gasteiger partial charge is 0.115 e. The van der Waals surface area contributed by atoms with Crippen LogP contribution >= 0.6 is 0 Å². The van der Waals surface area contributed by atoms with Crippen molar-refractivity contribution < 1.29 is 22.4 Å². The van der Waals surface area contributed by atoms with Gasteiger partial charge in [-0.25, -0.2) is 0 Å². The standard InChI is InChI=1S/C17H21NO.ClH/c1-18(2)13-3-4-14-5-7-15(8-6-14)16-9-11-17(19)12-10-16;/h5-12,19H,3-4,13H2,1-2H3;1H. The van der Waals surface area contributed by atoms with E-state index in [1.165, 1.54) is 29.0 Å². The number of hydrogen-bond donors (Lipinski definition) is 2. The fraction of sp³-hybridized carbons (Fsp3) is 0.294. The number of aryl methyl sites for hydroxylation is 1. The largest absolute Gasteiger partial charge is 1.00 e. The van der Waals surface area contributed by atoms with E-state index in [-0.39, 0.29) is 12.4 Å². The molecular weight excluding hydrogens is 270 g/mol. The van der Waals surface area contributed by atoms with E-state index in [4.69, 9.17) is 0 Å². The second-order valence-corrected chi connectivity index (χ2v) is 5.30. The quantitative estimate of drug-likeness (QED) is 0.736. The van der Waals surface area contributed by atoms with Gasteiger partial charge in [0.05, 0.1) is 20.6 Å². The van der Waals surface area contributed by atoms with E-state index < -0.39 is 0 Å². The first-order chi connectivity index (χ1) is 9.15. The molecule has 0 saturated heterocycles. The molecule has 0 aromatic heterocycles. The summed E-state index contributed by atoms with van der Waals surface area (Å²) in [5.74, 6) is 0.312. The predicted molar refractivity (Wildman–Crippen MR) is 79.5 cm³/mol. The number of phenols is 1. The summed E-state index contributed by atoms with van der Waals surface area (Å²) >= 11 is 0. The van der Waals surface area contributed by atoms with E-state index in [0.29, 0.717) is 5.75 Å². The van der Waals surface area contributed by atoms with Crippen molar-refractivity contribution in [2.75, 3.05) is 20.6 Å². The van der Waals surface area contributed by atoms with Crippen LogP contribution in [0.5, 0.6) is 5.75 Å². The van der Waals surface area contributed by atoms with Gasteiger partial charge in [0.15, 0.2) is 0 Å². The van der Waals surface area contributed by atoms with Gasteiger partial charge in [0, 0.05) is 6.42 Å². The predicted octanol–water partition coefficient (Wildman–Crippen LogP) is -0.860. The highest BCUT2D eigenvalue weighted by Gasteiger charge is 2.00. The molecule has 0 saturated carbocycles. The second kappa shape index (κ2) is 7.93. The van der Waals surface area contributed by atoms with Gasteiger partial charge in [-0.05, 0) is 35.2 Å². The molecule has 2 N–H and O–H groups in total. The number of nitrogens with one attached hydrogen (secondary N) is 1. The van der Waals surface area contributed by atoms with Crippen molar-refractivity contribution in [2.24, 2.45) is 0 Å². The third-order valence-electron chi connectivity index (χ3n) is 3.30. The van der Waals surface area contributed by atoms with E-state index in [9.17, 15) is 5.11 Å². The van der Waals surface area contributed by atoms with Crippen LogP contribution in [0.2, 0.25) is 0 Å². The van der Waals surface area contributed by atoms with Gasteiger partial charge >= 0.3 is 0 Å². The van der Waals surface area contributed by atoms with Crippen LogP contribution in [0.4, 0.5) is 0 Å². The van der Waals surface area contributed by atoms with Gasteiger partial charge < -0.3 is 22.4 Å². The molecule has 0 atom stereocenters. The van der Waals surface area contributed by atoms with E-state index in [1.54, 1.807) is 12.1 Å². The Labute approximate surface area is 127 Å². The summed E-state index contributed by atoms with van der Waals surface area (Å²) in [6.07, 6.45) is 2.36. The maximum Gasteiger partial charge on any atom is 0.115 e. The Morgan fingerprint density at radius 3 is 1.85 bits per heavy atom. The molecule has 0 bridgehead atoms. The van der Waals surface area contributed by atoms with Gasteiger partial charge in [0.1, 0.15) is 5.75 Å².